The van der Waals surface area contributed by atoms with Gasteiger partial charge in [0.05, 0.1) is 41.2 Å². The number of carbonyl (C=O) groups is 3. The van der Waals surface area contributed by atoms with Crippen molar-refractivity contribution in [2.75, 3.05) is 25.5 Å². The third-order valence-corrected chi connectivity index (χ3v) is 13.5. The molecule has 9 atom stereocenters. The van der Waals surface area contributed by atoms with Gasteiger partial charge in [-0.05, 0) is 25.5 Å². The van der Waals surface area contributed by atoms with Gasteiger partial charge in [0.15, 0.2) is 5.75 Å². The molecule has 4 aliphatic heterocycles. The van der Waals surface area contributed by atoms with Crippen molar-refractivity contribution < 1.29 is 53.8 Å². The number of anilines is 1. The van der Waals surface area contributed by atoms with Gasteiger partial charge in [-0.2, -0.15) is 0 Å². The van der Waals surface area contributed by atoms with Gasteiger partial charge in [0.25, 0.3) is 11.7 Å². The number of ether oxygens (including phenoxy) is 4. The smallest absolute Gasteiger partial charge is 0.312 e. The number of aliphatic hydroxyl groups excluding tert-OH is 2. The maximum absolute atomic E-state index is 14.8. The Morgan fingerprint density at radius 3 is 2.28 bits per heavy atom. The number of nitrogens with one attached hydrogen (secondary N) is 1. The average molecular weight is 881 g/mol. The number of Topliss-reactive ketones (excluding diaryl/α,β-unsaturated/α-hetero) is 1. The van der Waals surface area contributed by atoms with Gasteiger partial charge >= 0.3 is 11.8 Å². The van der Waals surface area contributed by atoms with E-state index in [-0.39, 0.29) is 49.7 Å². The summed E-state index contributed by atoms with van der Waals surface area (Å²) in [6.07, 6.45) is 4.96. The molecule has 64 heavy (non-hydrogen) atoms. The van der Waals surface area contributed by atoms with Crippen LogP contribution in [0.1, 0.15) is 82.8 Å². The number of amides is 1. The number of hydrogen-bond acceptors (Lipinski definition) is 14. The first kappa shape index (κ1) is 46.4. The summed E-state index contributed by atoms with van der Waals surface area (Å²) < 4.78 is 24.1. The maximum atomic E-state index is 14.8. The second-order valence-electron chi connectivity index (χ2n) is 18.0. The van der Waals surface area contributed by atoms with E-state index in [9.17, 15) is 34.8 Å². The lowest BCUT2D eigenvalue weighted by molar-refractivity contribution is -0.160. The Morgan fingerprint density at radius 2 is 1.62 bits per heavy atom. The number of phenols is 2. The van der Waals surface area contributed by atoms with E-state index < -0.39 is 82.9 Å². The highest BCUT2D eigenvalue weighted by Crippen LogP contribution is 2.51. The highest BCUT2D eigenvalue weighted by atomic mass is 16.7. The van der Waals surface area contributed by atoms with Crippen molar-refractivity contribution in [3.8, 4) is 17.2 Å². The molecule has 0 saturated carbocycles. The van der Waals surface area contributed by atoms with Crippen molar-refractivity contribution in [1.29, 1.82) is 0 Å². The largest absolute Gasteiger partial charge is 0.507 e. The average Bonchev–Trinajstić information content (AvgIpc) is 3.77. The fourth-order valence-electron chi connectivity index (χ4n) is 9.54. The molecule has 7 rings (SSSR count). The van der Waals surface area contributed by atoms with Gasteiger partial charge in [0.1, 0.15) is 34.0 Å². The Labute approximate surface area is 372 Å². The summed E-state index contributed by atoms with van der Waals surface area (Å²) in [5, 5.41) is 50.7. The number of methoxy groups -OCH3 is 1. The fraction of sp³-hybridized carbons (Fsp3) is 0.490. The summed E-state index contributed by atoms with van der Waals surface area (Å²) in [6.45, 7) is 14.9. The molecule has 1 saturated heterocycles. The van der Waals surface area contributed by atoms with Crippen LogP contribution >= 0.6 is 0 Å². The number of carbonyl (C=O) groups excluding carboxylic acids is 3. The van der Waals surface area contributed by atoms with Gasteiger partial charge in [-0.3, -0.25) is 24.3 Å². The summed E-state index contributed by atoms with van der Waals surface area (Å²) in [5.74, 6) is -7.12. The summed E-state index contributed by atoms with van der Waals surface area (Å²) in [5.41, 5.74) is 0.986. The summed E-state index contributed by atoms with van der Waals surface area (Å²) in [4.78, 5) is 53.1. The number of ketones is 1. The minimum atomic E-state index is -1.96. The summed E-state index contributed by atoms with van der Waals surface area (Å²) in [7, 11) is 1.47. The molecule has 9 unspecified atom stereocenters. The molecule has 1 fully saturated rings. The number of hydrogen-bond donors (Lipinski definition) is 5. The second kappa shape index (κ2) is 18.1. The Kier molecular flexibility index (Phi) is 13.1. The van der Waals surface area contributed by atoms with Crippen molar-refractivity contribution in [3.63, 3.8) is 0 Å². The van der Waals surface area contributed by atoms with Crippen LogP contribution in [0, 0.1) is 30.6 Å². The van der Waals surface area contributed by atoms with Crippen LogP contribution in [0.2, 0.25) is 0 Å². The first-order valence-corrected chi connectivity index (χ1v) is 21.9. The van der Waals surface area contributed by atoms with Crippen LogP contribution in [-0.4, -0.2) is 99.1 Å². The lowest BCUT2D eigenvalue weighted by Gasteiger charge is -2.38. The minimum absolute atomic E-state index is 0.0439. The number of esters is 1. The van der Waals surface area contributed by atoms with Crippen molar-refractivity contribution in [2.24, 2.45) is 33.7 Å². The van der Waals surface area contributed by atoms with E-state index in [4.69, 9.17) is 23.9 Å². The topological polar surface area (TPSA) is 209 Å². The molecular weight excluding hydrogens is 821 g/mol. The first-order chi connectivity index (χ1) is 30.3. The van der Waals surface area contributed by atoms with Gasteiger partial charge < -0.3 is 44.7 Å². The predicted octanol–water partition coefficient (Wildman–Crippen LogP) is 5.29. The van der Waals surface area contributed by atoms with Crippen LogP contribution in [0.4, 0.5) is 5.69 Å². The standard InChI is InChI=1S/C49H60N4O11/c1-25-14-13-15-26(2)47(60)50-39-38-37(51-49(52-38)19-21-53(22-20-49)24-32-16-11-10-12-17-32)34-35(43(39)58)42(57)30(6)45-36(34)46(59)48(8,64-45)62-23-18-33(61-9)27(3)44(63-31(7)54)29(5)41(56)28(4)40(25)55/h10-18,23,25,27-29,33,40-41,44,51,55-58H,19-22,24H2,1-9H3/b14-13+,23-18+,26-15-,50-39?. The summed E-state index contributed by atoms with van der Waals surface area (Å²) >= 11 is 0. The van der Waals surface area contributed by atoms with Gasteiger partial charge in [-0.15, -0.1) is 0 Å². The normalized spacial score (nSPS) is 31.5. The van der Waals surface area contributed by atoms with Crippen molar-refractivity contribution in [3.05, 3.63) is 93.9 Å². The predicted molar refractivity (Wildman–Crippen MR) is 238 cm³/mol. The van der Waals surface area contributed by atoms with Crippen LogP contribution < -0.4 is 20.8 Å². The van der Waals surface area contributed by atoms with Crippen LogP contribution in [0.3, 0.4) is 0 Å². The monoisotopic (exact) mass is 880 g/mol. The molecule has 1 amide bonds. The van der Waals surface area contributed by atoms with Gasteiger partial charge in [-0.1, -0.05) is 76.3 Å². The van der Waals surface area contributed by atoms with E-state index in [1.807, 2.05) is 18.2 Å². The molecule has 0 aliphatic carbocycles. The molecule has 3 aromatic rings. The lowest BCUT2D eigenvalue weighted by atomic mass is 9.78. The molecule has 15 nitrogen and oxygen atoms in total. The van der Waals surface area contributed by atoms with Crippen LogP contribution in [-0.2, 0) is 30.3 Å². The molecular formula is C49H60N4O11. The number of nitrogens with zero attached hydrogens (tertiary/aromatic N) is 3. The van der Waals surface area contributed by atoms with Crippen molar-refractivity contribution in [1.82, 2.24) is 4.90 Å². The van der Waals surface area contributed by atoms with Crippen molar-refractivity contribution >= 4 is 34.1 Å². The number of phenolic OH excluding ortho intramolecular Hbond substituents is 2. The number of benzene rings is 3. The molecule has 342 valence electrons. The molecule has 15 heteroatoms. The third-order valence-electron chi connectivity index (χ3n) is 13.5. The number of piperidine rings is 1. The number of allylic oxidation sites excluding steroid dienone is 2. The molecule has 4 bridgehead atoms. The number of aromatic hydroxyl groups is 2. The Morgan fingerprint density at radius 1 is 0.938 bits per heavy atom. The quantitative estimate of drug-likeness (QED) is 0.167. The van der Waals surface area contributed by atoms with E-state index in [1.54, 1.807) is 59.8 Å². The first-order valence-electron chi connectivity index (χ1n) is 21.9. The number of fused-ring (bicyclic) bond motifs is 1. The zero-order chi connectivity index (χ0) is 46.4. The molecule has 4 heterocycles. The zero-order valence-corrected chi connectivity index (χ0v) is 37.9. The van der Waals surface area contributed by atoms with Gasteiger partial charge in [0, 0.05) is 93.6 Å². The molecule has 5 N–H and O–H groups in total. The van der Waals surface area contributed by atoms with E-state index in [2.05, 4.69) is 27.3 Å². The second-order valence-corrected chi connectivity index (χ2v) is 18.0. The fourth-order valence-corrected chi connectivity index (χ4v) is 9.54. The number of likely N-dealkylation sites (tertiary alicyclic amines) is 1. The van der Waals surface area contributed by atoms with Crippen LogP contribution in [0.5, 0.6) is 17.2 Å². The SMILES string of the molecule is COC1/C=C/OC2(C)Oc3c(C)c(O)c4c(O)c(c5c(c4c3C2=O)NC2(CCN(Cc3ccccc3)CC2)N=5)=NC(=O)/C(C)=C\C=C\C(C)C(O)C(C)C(O)C(C)C(OC(C)=O)C1C. The summed E-state index contributed by atoms with van der Waals surface area (Å²) in [6, 6.07) is 10.2. The zero-order valence-electron chi connectivity index (χ0n) is 37.9. The Balaban J connectivity index is 1.38. The van der Waals surface area contributed by atoms with E-state index in [1.165, 1.54) is 38.9 Å². The van der Waals surface area contributed by atoms with Crippen LogP contribution in [0.25, 0.3) is 10.8 Å². The third kappa shape index (κ3) is 8.53. The van der Waals surface area contributed by atoms with Crippen LogP contribution in [0.15, 0.2) is 76.5 Å². The van der Waals surface area contributed by atoms with E-state index >= 15 is 0 Å². The van der Waals surface area contributed by atoms with Gasteiger partial charge in [0.2, 0.25) is 0 Å². The number of rotatable bonds is 4. The molecule has 0 aromatic heterocycles. The van der Waals surface area contributed by atoms with E-state index in [0.717, 1.165) is 6.54 Å². The molecule has 1 spiro atoms. The molecule has 0 radical (unpaired) electrons. The molecule has 3 aromatic carbocycles. The van der Waals surface area contributed by atoms with E-state index in [0.29, 0.717) is 31.6 Å². The lowest BCUT2D eigenvalue weighted by Crippen LogP contribution is -2.46. The minimum Gasteiger partial charge on any atom is -0.507 e. The molecule has 4 aliphatic rings. The maximum Gasteiger partial charge on any atom is 0.312 e. The Hall–Kier alpha value is -5.61. The Bertz CT molecular complexity index is 2550. The van der Waals surface area contributed by atoms with Gasteiger partial charge in [-0.25, -0.2) is 4.99 Å². The van der Waals surface area contributed by atoms with Crippen molar-refractivity contribution in [2.45, 2.75) is 111 Å². The highest BCUT2D eigenvalue weighted by Gasteiger charge is 2.51. The highest BCUT2D eigenvalue weighted by molar-refractivity contribution is 6.21. The number of aliphatic hydroxyl groups is 2.